The van der Waals surface area contributed by atoms with E-state index in [1.165, 1.54) is 17.8 Å². The van der Waals surface area contributed by atoms with E-state index >= 15 is 0 Å². The molecule has 1 atom stereocenters. The van der Waals surface area contributed by atoms with Crippen LogP contribution in [0.1, 0.15) is 36.9 Å². The number of anilines is 1. The van der Waals surface area contributed by atoms with Crippen LogP contribution in [0.15, 0.2) is 42.7 Å². The molecule has 0 saturated carbocycles. The van der Waals surface area contributed by atoms with Gasteiger partial charge in [0, 0.05) is 31.5 Å². The summed E-state index contributed by atoms with van der Waals surface area (Å²) in [5.41, 5.74) is 3.09. The fourth-order valence-corrected chi connectivity index (χ4v) is 3.10. The van der Waals surface area contributed by atoms with Gasteiger partial charge in [0.05, 0.1) is 18.3 Å². The molecule has 0 radical (unpaired) electrons. The van der Waals surface area contributed by atoms with Gasteiger partial charge in [0.2, 0.25) is 0 Å². The molecule has 1 saturated heterocycles. The van der Waals surface area contributed by atoms with E-state index in [4.69, 9.17) is 0 Å². The largest absolute Gasteiger partial charge is 0.393 e. The highest BCUT2D eigenvalue weighted by Crippen LogP contribution is 2.24. The average Bonchev–Trinajstić information content (AvgIpc) is 2.58. The van der Waals surface area contributed by atoms with Gasteiger partial charge in [0.15, 0.2) is 0 Å². The number of halogens is 1. The number of aliphatic hydroxyl groups is 1. The number of rotatable bonds is 5. The molecule has 1 fully saturated rings. The van der Waals surface area contributed by atoms with Crippen LogP contribution in [0.3, 0.4) is 0 Å². The third-order valence-electron chi connectivity index (χ3n) is 4.57. The van der Waals surface area contributed by atoms with Crippen molar-refractivity contribution in [3.8, 4) is 0 Å². The zero-order chi connectivity index (χ0) is 16.9. The monoisotopic (exact) mass is 329 g/mol. The Morgan fingerprint density at radius 2 is 2.04 bits per heavy atom. The van der Waals surface area contributed by atoms with Crippen LogP contribution in [-0.2, 0) is 6.54 Å². The number of piperidine rings is 1. The molecule has 2 N–H and O–H groups in total. The van der Waals surface area contributed by atoms with Crippen molar-refractivity contribution in [3.05, 3.63) is 59.7 Å². The van der Waals surface area contributed by atoms with Crippen molar-refractivity contribution in [3.63, 3.8) is 0 Å². The molecule has 5 heteroatoms. The Bertz CT molecular complexity index is 671. The van der Waals surface area contributed by atoms with E-state index in [0.29, 0.717) is 0 Å². The third-order valence-corrected chi connectivity index (χ3v) is 4.57. The highest BCUT2D eigenvalue weighted by Gasteiger charge is 2.18. The molecule has 2 aromatic rings. The van der Waals surface area contributed by atoms with Crippen molar-refractivity contribution < 1.29 is 9.50 Å². The van der Waals surface area contributed by atoms with Crippen LogP contribution in [0, 0.1) is 5.82 Å². The summed E-state index contributed by atoms with van der Waals surface area (Å²) in [4.78, 5) is 6.29. The Balaban J connectivity index is 1.69. The van der Waals surface area contributed by atoms with Gasteiger partial charge in [0.25, 0.3) is 0 Å². The van der Waals surface area contributed by atoms with E-state index < -0.39 is 0 Å². The summed E-state index contributed by atoms with van der Waals surface area (Å²) in [5.74, 6) is -0.318. The van der Waals surface area contributed by atoms with Crippen LogP contribution in [0.5, 0.6) is 0 Å². The van der Waals surface area contributed by atoms with E-state index in [2.05, 4.69) is 27.3 Å². The van der Waals surface area contributed by atoms with E-state index in [1.54, 1.807) is 6.20 Å². The maximum absolute atomic E-state index is 13.4. The Labute approximate surface area is 142 Å². The van der Waals surface area contributed by atoms with Gasteiger partial charge in [-0.25, -0.2) is 4.39 Å². The van der Waals surface area contributed by atoms with Crippen molar-refractivity contribution >= 4 is 5.69 Å². The zero-order valence-corrected chi connectivity index (χ0v) is 14.0. The minimum Gasteiger partial charge on any atom is -0.393 e. The van der Waals surface area contributed by atoms with Crippen LogP contribution in [0.4, 0.5) is 10.1 Å². The first-order valence-electron chi connectivity index (χ1n) is 8.47. The average molecular weight is 329 g/mol. The van der Waals surface area contributed by atoms with Gasteiger partial charge in [-0.05, 0) is 43.0 Å². The number of aliphatic hydroxyl groups excluding tert-OH is 1. The Morgan fingerprint density at radius 1 is 1.29 bits per heavy atom. The third kappa shape index (κ3) is 4.30. The first-order chi connectivity index (χ1) is 11.6. The normalized spacial score (nSPS) is 17.6. The SMILES string of the molecule is CC(Nc1ccccc1CN1CCC(O)CC1)c1cncc(F)c1. The number of nitrogens with one attached hydrogen (secondary N) is 1. The topological polar surface area (TPSA) is 48.4 Å². The zero-order valence-electron chi connectivity index (χ0n) is 14.0. The number of pyridine rings is 1. The lowest BCUT2D eigenvalue weighted by Crippen LogP contribution is -2.35. The number of para-hydroxylation sites is 1. The van der Waals surface area contributed by atoms with Gasteiger partial charge >= 0.3 is 0 Å². The summed E-state index contributed by atoms with van der Waals surface area (Å²) < 4.78 is 13.4. The maximum atomic E-state index is 13.4. The predicted molar refractivity (Wildman–Crippen MR) is 93.2 cm³/mol. The number of benzene rings is 1. The summed E-state index contributed by atoms with van der Waals surface area (Å²) in [6, 6.07) is 9.69. The van der Waals surface area contributed by atoms with E-state index in [0.717, 1.165) is 43.7 Å². The first kappa shape index (κ1) is 16.9. The lowest BCUT2D eigenvalue weighted by Gasteiger charge is -2.30. The number of likely N-dealkylation sites (tertiary alicyclic amines) is 1. The Morgan fingerprint density at radius 3 is 2.79 bits per heavy atom. The molecule has 128 valence electrons. The summed E-state index contributed by atoms with van der Waals surface area (Å²) in [6.07, 6.45) is 4.42. The van der Waals surface area contributed by atoms with Crippen LogP contribution in [0.2, 0.25) is 0 Å². The summed E-state index contributed by atoms with van der Waals surface area (Å²) in [5, 5.41) is 13.1. The molecular weight excluding hydrogens is 305 g/mol. The second-order valence-electron chi connectivity index (χ2n) is 6.47. The van der Waals surface area contributed by atoms with Gasteiger partial charge in [-0.15, -0.1) is 0 Å². The van der Waals surface area contributed by atoms with E-state index in [1.807, 2.05) is 19.1 Å². The van der Waals surface area contributed by atoms with Gasteiger partial charge in [0.1, 0.15) is 5.82 Å². The molecular formula is C19H24FN3O. The van der Waals surface area contributed by atoms with Gasteiger partial charge in [-0.2, -0.15) is 0 Å². The highest BCUT2D eigenvalue weighted by atomic mass is 19.1. The number of aromatic nitrogens is 1. The number of hydrogen-bond acceptors (Lipinski definition) is 4. The molecule has 3 rings (SSSR count). The fraction of sp³-hybridized carbons (Fsp3) is 0.421. The second kappa shape index (κ2) is 7.73. The predicted octanol–water partition coefficient (Wildman–Crippen LogP) is 3.35. The molecule has 0 aliphatic carbocycles. The smallest absolute Gasteiger partial charge is 0.141 e. The number of nitrogens with zero attached hydrogens (tertiary/aromatic N) is 2. The highest BCUT2D eigenvalue weighted by molar-refractivity contribution is 5.52. The summed E-state index contributed by atoms with van der Waals surface area (Å²) >= 11 is 0. The molecule has 4 nitrogen and oxygen atoms in total. The minimum absolute atomic E-state index is 0.0301. The molecule has 1 aromatic heterocycles. The van der Waals surface area contributed by atoms with Crippen molar-refractivity contribution in [2.75, 3.05) is 18.4 Å². The lowest BCUT2D eigenvalue weighted by atomic mass is 10.1. The molecule has 2 heterocycles. The lowest BCUT2D eigenvalue weighted by molar-refractivity contribution is 0.0793. The van der Waals surface area contributed by atoms with Crippen LogP contribution >= 0.6 is 0 Å². The summed E-state index contributed by atoms with van der Waals surface area (Å²) in [7, 11) is 0. The quantitative estimate of drug-likeness (QED) is 0.883. The number of hydrogen-bond donors (Lipinski definition) is 2. The van der Waals surface area contributed by atoms with E-state index in [-0.39, 0.29) is 18.0 Å². The Hall–Kier alpha value is -1.98. The molecule has 24 heavy (non-hydrogen) atoms. The molecule has 1 aliphatic heterocycles. The van der Waals surface area contributed by atoms with Crippen molar-refractivity contribution in [2.45, 2.75) is 38.5 Å². The van der Waals surface area contributed by atoms with Crippen LogP contribution in [0.25, 0.3) is 0 Å². The minimum atomic E-state index is -0.318. The molecule has 1 aromatic carbocycles. The van der Waals surface area contributed by atoms with Gasteiger partial charge < -0.3 is 10.4 Å². The van der Waals surface area contributed by atoms with Crippen molar-refractivity contribution in [1.82, 2.24) is 9.88 Å². The van der Waals surface area contributed by atoms with E-state index in [9.17, 15) is 9.50 Å². The molecule has 1 aliphatic rings. The van der Waals surface area contributed by atoms with Gasteiger partial charge in [-0.3, -0.25) is 9.88 Å². The summed E-state index contributed by atoms with van der Waals surface area (Å²) in [6.45, 7) is 4.69. The molecule has 0 spiro atoms. The maximum Gasteiger partial charge on any atom is 0.141 e. The fourth-order valence-electron chi connectivity index (χ4n) is 3.10. The first-order valence-corrected chi connectivity index (χ1v) is 8.47. The van der Waals surface area contributed by atoms with Gasteiger partial charge in [-0.1, -0.05) is 18.2 Å². The van der Waals surface area contributed by atoms with Crippen LogP contribution < -0.4 is 5.32 Å². The molecule has 0 amide bonds. The second-order valence-corrected chi connectivity index (χ2v) is 6.47. The van der Waals surface area contributed by atoms with Crippen molar-refractivity contribution in [1.29, 1.82) is 0 Å². The van der Waals surface area contributed by atoms with Crippen LogP contribution in [-0.4, -0.2) is 34.2 Å². The Kier molecular flexibility index (Phi) is 5.43. The van der Waals surface area contributed by atoms with Crippen molar-refractivity contribution in [2.24, 2.45) is 0 Å². The molecule has 0 bridgehead atoms. The molecule has 1 unspecified atom stereocenters. The standard InChI is InChI=1S/C19H24FN3O/c1-14(16-10-17(20)12-21-11-16)22-19-5-3-2-4-15(19)13-23-8-6-18(24)7-9-23/h2-5,10-12,14,18,22,24H,6-9,13H2,1H3.